The van der Waals surface area contributed by atoms with Crippen molar-refractivity contribution in [3.8, 4) is 0 Å². The molecule has 0 aromatic heterocycles. The van der Waals surface area contributed by atoms with E-state index in [1.54, 1.807) is 48.5 Å². The number of rotatable bonds is 6. The molecular formula is C18H17Cl2NO4. The summed E-state index contributed by atoms with van der Waals surface area (Å²) in [5.41, 5.74) is 1.05. The number of ether oxygens (including phenoxy) is 1. The topological polar surface area (TPSA) is 75.6 Å². The van der Waals surface area contributed by atoms with Crippen LogP contribution in [0.5, 0.6) is 0 Å². The molecule has 2 aromatic rings. The summed E-state index contributed by atoms with van der Waals surface area (Å²) in [7, 11) is 1.22. The highest BCUT2D eigenvalue weighted by Gasteiger charge is 2.26. The van der Waals surface area contributed by atoms with Gasteiger partial charge in [0.25, 0.3) is 5.91 Å². The van der Waals surface area contributed by atoms with Crippen molar-refractivity contribution in [3.63, 3.8) is 0 Å². The molecule has 0 fully saturated rings. The number of carbonyl (C=O) groups is 2. The van der Waals surface area contributed by atoms with Crippen molar-refractivity contribution in [2.75, 3.05) is 7.11 Å². The molecule has 132 valence electrons. The van der Waals surface area contributed by atoms with Gasteiger partial charge in [-0.3, -0.25) is 4.79 Å². The second kappa shape index (κ2) is 8.85. The van der Waals surface area contributed by atoms with Crippen molar-refractivity contribution in [1.29, 1.82) is 0 Å². The van der Waals surface area contributed by atoms with Crippen LogP contribution in [-0.4, -0.2) is 30.1 Å². The molecule has 2 N–H and O–H groups in total. The second-order valence-corrected chi connectivity index (χ2v) is 6.18. The van der Waals surface area contributed by atoms with Crippen LogP contribution >= 0.6 is 23.2 Å². The highest BCUT2D eigenvalue weighted by molar-refractivity contribution is 6.35. The molecule has 0 saturated carbocycles. The maximum atomic E-state index is 12.3. The quantitative estimate of drug-likeness (QED) is 0.754. The van der Waals surface area contributed by atoms with Gasteiger partial charge in [0.1, 0.15) is 6.04 Å². The van der Waals surface area contributed by atoms with Crippen molar-refractivity contribution in [2.45, 2.75) is 18.6 Å². The minimum absolute atomic E-state index is 0.107. The van der Waals surface area contributed by atoms with E-state index in [2.05, 4.69) is 5.32 Å². The summed E-state index contributed by atoms with van der Waals surface area (Å²) in [4.78, 5) is 24.3. The first kappa shape index (κ1) is 19.2. The van der Waals surface area contributed by atoms with E-state index in [-0.39, 0.29) is 6.42 Å². The Balaban J connectivity index is 2.14. The first-order valence-electron chi connectivity index (χ1n) is 7.47. The maximum Gasteiger partial charge on any atom is 0.328 e. The first-order chi connectivity index (χ1) is 11.9. The molecule has 0 aliphatic carbocycles. The molecule has 0 spiro atoms. The van der Waals surface area contributed by atoms with Gasteiger partial charge in [-0.1, -0.05) is 59.6 Å². The number of methoxy groups -OCH3 is 1. The number of amides is 1. The number of benzene rings is 2. The van der Waals surface area contributed by atoms with Gasteiger partial charge in [-0.15, -0.1) is 0 Å². The van der Waals surface area contributed by atoms with E-state index in [4.69, 9.17) is 27.9 Å². The molecule has 0 aliphatic rings. The normalized spacial score (nSPS) is 13.0. The molecule has 1 amide bonds. The smallest absolute Gasteiger partial charge is 0.328 e. The summed E-state index contributed by atoms with van der Waals surface area (Å²) in [6.07, 6.45) is -1.29. The van der Waals surface area contributed by atoms with Crippen molar-refractivity contribution in [3.05, 3.63) is 69.7 Å². The van der Waals surface area contributed by atoms with Crippen LogP contribution in [0.1, 0.15) is 17.2 Å². The number of hydrogen-bond donors (Lipinski definition) is 2. The number of nitrogens with one attached hydrogen (secondary N) is 1. The molecule has 5 nitrogen and oxygen atoms in total. The lowest BCUT2D eigenvalue weighted by Gasteiger charge is -2.19. The SMILES string of the molecule is COC(=O)[C@H](Cc1ccc(Cl)cc1Cl)NC(=O)[C@@H](O)c1ccccc1. The number of halogens is 2. The summed E-state index contributed by atoms with van der Waals surface area (Å²) < 4.78 is 4.73. The van der Waals surface area contributed by atoms with Gasteiger partial charge in [-0.05, 0) is 23.3 Å². The van der Waals surface area contributed by atoms with Crippen LogP contribution in [0.2, 0.25) is 10.0 Å². The van der Waals surface area contributed by atoms with Crippen LogP contribution in [0.4, 0.5) is 0 Å². The van der Waals surface area contributed by atoms with Gasteiger partial charge in [-0.25, -0.2) is 4.79 Å². The van der Waals surface area contributed by atoms with Gasteiger partial charge in [0.2, 0.25) is 0 Å². The third kappa shape index (κ3) is 5.19. The molecule has 2 atom stereocenters. The van der Waals surface area contributed by atoms with E-state index in [0.29, 0.717) is 21.2 Å². The van der Waals surface area contributed by atoms with Gasteiger partial charge in [-0.2, -0.15) is 0 Å². The molecular weight excluding hydrogens is 365 g/mol. The van der Waals surface area contributed by atoms with Crippen LogP contribution in [0.3, 0.4) is 0 Å². The van der Waals surface area contributed by atoms with E-state index in [9.17, 15) is 14.7 Å². The van der Waals surface area contributed by atoms with E-state index in [0.717, 1.165) is 0 Å². The molecule has 7 heteroatoms. The fraction of sp³-hybridized carbons (Fsp3) is 0.222. The minimum atomic E-state index is -1.39. The molecule has 0 unspecified atom stereocenters. The Kier molecular flexibility index (Phi) is 6.82. The molecule has 0 bridgehead atoms. The van der Waals surface area contributed by atoms with E-state index in [1.165, 1.54) is 7.11 Å². The van der Waals surface area contributed by atoms with E-state index in [1.807, 2.05) is 0 Å². The summed E-state index contributed by atoms with van der Waals surface area (Å²) in [5.74, 6) is -1.34. The molecule has 0 radical (unpaired) electrons. The number of esters is 1. The zero-order valence-corrected chi connectivity index (χ0v) is 14.9. The van der Waals surface area contributed by atoms with Crippen molar-refractivity contribution in [1.82, 2.24) is 5.32 Å². The predicted octanol–water partition coefficient (Wildman–Crippen LogP) is 2.93. The van der Waals surface area contributed by atoms with Gasteiger partial charge in [0.05, 0.1) is 7.11 Å². The van der Waals surface area contributed by atoms with Crippen LogP contribution in [0.25, 0.3) is 0 Å². The summed E-state index contributed by atoms with van der Waals surface area (Å²) >= 11 is 12.0. The third-order valence-electron chi connectivity index (χ3n) is 3.61. The Labute approximate surface area is 155 Å². The molecule has 0 saturated heterocycles. The van der Waals surface area contributed by atoms with Crippen LogP contribution < -0.4 is 5.32 Å². The van der Waals surface area contributed by atoms with E-state index < -0.39 is 24.0 Å². The van der Waals surface area contributed by atoms with Gasteiger partial charge in [0, 0.05) is 16.5 Å². The number of carbonyl (C=O) groups excluding carboxylic acids is 2. The summed E-state index contributed by atoms with van der Waals surface area (Å²) in [6.45, 7) is 0. The van der Waals surface area contributed by atoms with Gasteiger partial charge in [0.15, 0.2) is 6.10 Å². The Morgan fingerprint density at radius 1 is 1.16 bits per heavy atom. The zero-order chi connectivity index (χ0) is 18.4. The minimum Gasteiger partial charge on any atom is -0.467 e. The van der Waals surface area contributed by atoms with Gasteiger partial charge < -0.3 is 15.2 Å². The Hall–Kier alpha value is -2.08. The average molecular weight is 382 g/mol. The zero-order valence-electron chi connectivity index (χ0n) is 13.4. The van der Waals surface area contributed by atoms with Crippen LogP contribution in [-0.2, 0) is 20.7 Å². The highest BCUT2D eigenvalue weighted by atomic mass is 35.5. The standard InChI is InChI=1S/C18H17Cl2NO4/c1-25-18(24)15(9-12-7-8-13(19)10-14(12)20)21-17(23)16(22)11-5-3-2-4-6-11/h2-8,10,15-16,22H,9H2,1H3,(H,21,23)/t15-,16-/m0/s1. The van der Waals surface area contributed by atoms with Crippen molar-refractivity contribution in [2.24, 2.45) is 0 Å². The molecule has 0 heterocycles. The number of hydrogen-bond acceptors (Lipinski definition) is 4. The predicted molar refractivity (Wildman–Crippen MR) is 95.5 cm³/mol. The summed E-state index contributed by atoms with van der Waals surface area (Å²) in [6, 6.07) is 12.3. The lowest BCUT2D eigenvalue weighted by Crippen LogP contribution is -2.45. The second-order valence-electron chi connectivity index (χ2n) is 5.34. The molecule has 2 aromatic carbocycles. The maximum absolute atomic E-state index is 12.3. The highest BCUT2D eigenvalue weighted by Crippen LogP contribution is 2.22. The third-order valence-corrected chi connectivity index (χ3v) is 4.19. The lowest BCUT2D eigenvalue weighted by atomic mass is 10.0. The van der Waals surface area contributed by atoms with Crippen LogP contribution in [0, 0.1) is 0 Å². The number of aliphatic hydroxyl groups is 1. The molecule has 25 heavy (non-hydrogen) atoms. The van der Waals surface area contributed by atoms with Crippen LogP contribution in [0.15, 0.2) is 48.5 Å². The largest absolute Gasteiger partial charge is 0.467 e. The molecule has 2 rings (SSSR count). The monoisotopic (exact) mass is 381 g/mol. The van der Waals surface area contributed by atoms with Crippen molar-refractivity contribution >= 4 is 35.1 Å². The molecule has 0 aliphatic heterocycles. The first-order valence-corrected chi connectivity index (χ1v) is 8.23. The fourth-order valence-corrected chi connectivity index (χ4v) is 2.77. The van der Waals surface area contributed by atoms with Gasteiger partial charge >= 0.3 is 5.97 Å². The summed E-state index contributed by atoms with van der Waals surface area (Å²) in [5, 5.41) is 13.5. The fourth-order valence-electron chi connectivity index (χ4n) is 2.28. The Bertz CT molecular complexity index is 752. The van der Waals surface area contributed by atoms with E-state index >= 15 is 0 Å². The average Bonchev–Trinajstić information content (AvgIpc) is 2.62. The Morgan fingerprint density at radius 2 is 1.84 bits per heavy atom. The van der Waals surface area contributed by atoms with Crippen molar-refractivity contribution < 1.29 is 19.4 Å². The number of aliphatic hydroxyl groups excluding tert-OH is 1. The lowest BCUT2D eigenvalue weighted by molar-refractivity contribution is -0.146. The Morgan fingerprint density at radius 3 is 2.44 bits per heavy atom.